The molecule has 2 aromatic rings. The number of aliphatic hydroxyl groups is 2. The van der Waals surface area contributed by atoms with Crippen molar-refractivity contribution in [2.75, 3.05) is 37.8 Å². The van der Waals surface area contributed by atoms with Crippen LogP contribution in [0.4, 0.5) is 5.82 Å². The first kappa shape index (κ1) is 45.9. The van der Waals surface area contributed by atoms with Crippen LogP contribution in [0.25, 0.3) is 11.2 Å². The summed E-state index contributed by atoms with van der Waals surface area (Å²) in [5, 5.41) is 26.3. The van der Waals surface area contributed by atoms with E-state index in [1.807, 2.05) is 13.8 Å². The summed E-state index contributed by atoms with van der Waals surface area (Å²) in [5.74, 6) is -1.16. The standard InChI is InChI=1S/C26H44N7O17P3S/c1-5-14(2)25(38)54-9-8-28-16(34)6-7-29-23(37)20(36)26(3,4)11-47-53(44,45)50-52(42,43)46-10-15-19(49-51(39,40)41)18(35)24(48-15)33-13-32-17-21(27)30-12-31-22(17)33/h12-15,18-20,24,35-36H,5-11H2,1-4H3,(H,28,34)(H,29,37)(H,42,43)(H,44,45)(H2,27,30,31)(H2,39,40,41)/t14-,15+,18+,19+,20-,24+/m0/s1. The Morgan fingerprint density at radius 2 is 1.74 bits per heavy atom. The van der Waals surface area contributed by atoms with Gasteiger partial charge in [0, 0.05) is 36.6 Å². The van der Waals surface area contributed by atoms with Crippen LogP contribution in [0, 0.1) is 11.3 Å². The number of aliphatic hydroxyl groups excluding tert-OH is 2. The van der Waals surface area contributed by atoms with Crippen molar-refractivity contribution in [3.8, 4) is 0 Å². The molecule has 0 aliphatic carbocycles. The van der Waals surface area contributed by atoms with Crippen LogP contribution >= 0.6 is 35.2 Å². The van der Waals surface area contributed by atoms with E-state index in [0.29, 0.717) is 12.2 Å². The highest BCUT2D eigenvalue weighted by Crippen LogP contribution is 2.61. The number of anilines is 1. The fraction of sp³-hybridized carbons (Fsp3) is 0.692. The normalized spacial score (nSPS) is 22.6. The van der Waals surface area contributed by atoms with Gasteiger partial charge < -0.3 is 50.9 Å². The minimum atomic E-state index is -5.56. The number of nitrogen functional groups attached to an aromatic ring is 1. The lowest BCUT2D eigenvalue weighted by Crippen LogP contribution is -2.46. The summed E-state index contributed by atoms with van der Waals surface area (Å²) < 4.78 is 62.0. The number of aromatic nitrogens is 4. The number of hydrogen-bond acceptors (Lipinski definition) is 18. The highest BCUT2D eigenvalue weighted by molar-refractivity contribution is 8.13. The predicted molar refractivity (Wildman–Crippen MR) is 187 cm³/mol. The minimum absolute atomic E-state index is 0.0173. The van der Waals surface area contributed by atoms with Gasteiger partial charge in [0.25, 0.3) is 0 Å². The largest absolute Gasteiger partial charge is 0.481 e. The van der Waals surface area contributed by atoms with Crippen molar-refractivity contribution >= 4 is 69.1 Å². The number of phosphoric ester groups is 3. The van der Waals surface area contributed by atoms with E-state index in [1.54, 1.807) is 0 Å². The summed E-state index contributed by atoms with van der Waals surface area (Å²) in [6.07, 6.45) is -6.18. The zero-order chi connectivity index (χ0) is 40.6. The predicted octanol–water partition coefficient (Wildman–Crippen LogP) is -0.289. The van der Waals surface area contributed by atoms with Gasteiger partial charge in [0.05, 0.1) is 19.5 Å². The molecule has 8 atom stereocenters. The number of fused-ring (bicyclic) bond motifs is 1. The van der Waals surface area contributed by atoms with E-state index in [4.69, 9.17) is 19.5 Å². The third-order valence-electron chi connectivity index (χ3n) is 7.76. The first-order valence-electron chi connectivity index (χ1n) is 16.0. The molecule has 28 heteroatoms. The molecule has 2 amide bonds. The summed E-state index contributed by atoms with van der Waals surface area (Å²) in [6.45, 7) is 4.23. The van der Waals surface area contributed by atoms with E-state index in [0.717, 1.165) is 29.0 Å². The molecule has 10 N–H and O–H groups in total. The molecular weight excluding hydrogens is 807 g/mol. The van der Waals surface area contributed by atoms with Crippen LogP contribution in [0.3, 0.4) is 0 Å². The molecule has 1 aliphatic rings. The zero-order valence-electron chi connectivity index (χ0n) is 29.4. The first-order valence-corrected chi connectivity index (χ1v) is 21.5. The summed E-state index contributed by atoms with van der Waals surface area (Å²) in [7, 11) is -16.4. The SMILES string of the molecule is CC[C@H](C)C(=O)SCCNC(=O)CCNC(=O)[C@H](O)C(C)(C)COP(=O)(O)OP(=O)(O)OC[C@H]1O[C@@H](n2cnc3c(N)ncnc32)[C@H](O)[C@@H]1OP(=O)(O)O. The quantitative estimate of drug-likeness (QED) is 0.0575. The van der Waals surface area contributed by atoms with E-state index in [-0.39, 0.29) is 47.5 Å². The lowest BCUT2D eigenvalue weighted by atomic mass is 9.87. The Morgan fingerprint density at radius 1 is 1.07 bits per heavy atom. The summed E-state index contributed by atoms with van der Waals surface area (Å²) in [4.78, 5) is 87.3. The number of amides is 2. The van der Waals surface area contributed by atoms with Crippen molar-refractivity contribution in [3.63, 3.8) is 0 Å². The lowest BCUT2D eigenvalue weighted by Gasteiger charge is -2.30. The van der Waals surface area contributed by atoms with Crippen molar-refractivity contribution < 1.29 is 80.5 Å². The molecule has 0 bridgehead atoms. The Balaban J connectivity index is 1.51. The molecular formula is C26H44N7O17P3S. The van der Waals surface area contributed by atoms with Gasteiger partial charge in [-0.15, -0.1) is 0 Å². The molecule has 1 aliphatic heterocycles. The second-order valence-corrected chi connectivity index (χ2v) is 17.9. The number of hydrogen-bond donors (Lipinski definition) is 9. The van der Waals surface area contributed by atoms with Gasteiger partial charge in [0.2, 0.25) is 11.8 Å². The smallest absolute Gasteiger partial charge is 0.386 e. The highest BCUT2D eigenvalue weighted by atomic mass is 32.2. The van der Waals surface area contributed by atoms with Gasteiger partial charge in [-0.1, -0.05) is 39.5 Å². The first-order chi connectivity index (χ1) is 25.0. The molecule has 3 rings (SSSR count). The lowest BCUT2D eigenvalue weighted by molar-refractivity contribution is -0.137. The number of ether oxygens (including phenoxy) is 1. The second kappa shape index (κ2) is 19.1. The van der Waals surface area contributed by atoms with Crippen molar-refractivity contribution in [2.24, 2.45) is 11.3 Å². The summed E-state index contributed by atoms with van der Waals surface area (Å²) in [5.41, 5.74) is 4.27. The van der Waals surface area contributed by atoms with Crippen LogP contribution in [0.1, 0.15) is 46.8 Å². The fourth-order valence-electron chi connectivity index (χ4n) is 4.59. The number of carbonyl (C=O) groups is 3. The van der Waals surface area contributed by atoms with Crippen molar-refractivity contribution in [1.29, 1.82) is 0 Å². The number of nitrogens with one attached hydrogen (secondary N) is 2. The molecule has 54 heavy (non-hydrogen) atoms. The highest BCUT2D eigenvalue weighted by Gasteiger charge is 2.50. The fourth-order valence-corrected chi connectivity index (χ4v) is 8.28. The van der Waals surface area contributed by atoms with E-state index in [2.05, 4.69) is 34.4 Å². The van der Waals surface area contributed by atoms with Gasteiger partial charge in [-0.2, -0.15) is 4.31 Å². The van der Waals surface area contributed by atoms with Gasteiger partial charge in [-0.05, 0) is 6.42 Å². The summed E-state index contributed by atoms with van der Waals surface area (Å²) >= 11 is 1.10. The molecule has 306 valence electrons. The van der Waals surface area contributed by atoms with Gasteiger partial charge in [0.15, 0.2) is 22.8 Å². The number of imidazole rings is 1. The van der Waals surface area contributed by atoms with Crippen molar-refractivity contribution in [1.82, 2.24) is 30.2 Å². The van der Waals surface area contributed by atoms with Crippen LogP contribution < -0.4 is 16.4 Å². The number of phosphoric acid groups is 3. The average molecular weight is 852 g/mol. The molecule has 2 unspecified atom stereocenters. The van der Waals surface area contributed by atoms with E-state index in [9.17, 15) is 57.9 Å². The van der Waals surface area contributed by atoms with Crippen molar-refractivity contribution in [2.45, 2.75) is 71.2 Å². The molecule has 0 saturated carbocycles. The topological polar surface area (TPSA) is 364 Å². The van der Waals surface area contributed by atoms with Crippen LogP contribution in [0.2, 0.25) is 0 Å². The van der Waals surface area contributed by atoms with Gasteiger partial charge in [-0.25, -0.2) is 28.6 Å². The monoisotopic (exact) mass is 851 g/mol. The third kappa shape index (κ3) is 13.4. The molecule has 24 nitrogen and oxygen atoms in total. The van der Waals surface area contributed by atoms with Gasteiger partial charge in [0.1, 0.15) is 36.3 Å². The number of rotatable bonds is 21. The second-order valence-electron chi connectivity index (χ2n) is 12.5. The van der Waals surface area contributed by atoms with Gasteiger partial charge >= 0.3 is 23.5 Å². The van der Waals surface area contributed by atoms with Crippen LogP contribution in [-0.2, 0) is 50.7 Å². The van der Waals surface area contributed by atoms with Crippen LogP contribution in [-0.4, -0.2) is 123 Å². The Kier molecular flexibility index (Phi) is 16.3. The van der Waals surface area contributed by atoms with Gasteiger partial charge in [-0.3, -0.25) is 32.5 Å². The maximum atomic E-state index is 12.7. The number of thioether (sulfide) groups is 1. The van der Waals surface area contributed by atoms with E-state index >= 15 is 0 Å². The van der Waals surface area contributed by atoms with E-state index in [1.165, 1.54) is 13.8 Å². The summed E-state index contributed by atoms with van der Waals surface area (Å²) in [6, 6.07) is 0. The third-order valence-corrected chi connectivity index (χ3v) is 12.0. The maximum Gasteiger partial charge on any atom is 0.481 e. The van der Waals surface area contributed by atoms with E-state index < -0.39 is 84.6 Å². The molecule has 1 fully saturated rings. The Morgan fingerprint density at radius 3 is 2.39 bits per heavy atom. The Bertz CT molecular complexity index is 1780. The number of carbonyl (C=O) groups excluding carboxylic acids is 3. The van der Waals surface area contributed by atoms with Crippen LogP contribution in [0.5, 0.6) is 0 Å². The molecule has 0 radical (unpaired) electrons. The van der Waals surface area contributed by atoms with Crippen LogP contribution in [0.15, 0.2) is 12.7 Å². The molecule has 3 heterocycles. The average Bonchev–Trinajstić information content (AvgIpc) is 3.64. The van der Waals surface area contributed by atoms with Crippen molar-refractivity contribution in [3.05, 3.63) is 12.7 Å². The molecule has 0 spiro atoms. The Labute approximate surface area is 312 Å². The molecule has 2 aromatic heterocycles. The molecule has 1 saturated heterocycles. The molecule has 0 aromatic carbocycles. The Hall–Kier alpha value is -2.44. The number of nitrogens with two attached hydrogens (primary N) is 1. The zero-order valence-corrected chi connectivity index (χ0v) is 32.9. The number of nitrogens with zero attached hydrogens (tertiary/aromatic N) is 4. The maximum absolute atomic E-state index is 12.7. The minimum Gasteiger partial charge on any atom is -0.386 e.